The lowest BCUT2D eigenvalue weighted by atomic mass is 10.1. The van der Waals surface area contributed by atoms with Crippen molar-refractivity contribution in [3.63, 3.8) is 0 Å². The monoisotopic (exact) mass is 296 g/mol. The van der Waals surface area contributed by atoms with Crippen LogP contribution >= 0.6 is 11.8 Å². The zero-order valence-corrected chi connectivity index (χ0v) is 13.2. The van der Waals surface area contributed by atoms with Gasteiger partial charge < -0.3 is 15.7 Å². The van der Waals surface area contributed by atoms with E-state index in [0.717, 1.165) is 5.56 Å². The summed E-state index contributed by atoms with van der Waals surface area (Å²) in [7, 11) is 0. The second-order valence-corrected chi connectivity index (χ2v) is 5.84. The third-order valence-corrected chi connectivity index (χ3v) is 3.93. The van der Waals surface area contributed by atoms with E-state index < -0.39 is 0 Å². The van der Waals surface area contributed by atoms with Gasteiger partial charge in [-0.2, -0.15) is 0 Å². The van der Waals surface area contributed by atoms with Crippen molar-refractivity contribution in [3.8, 4) is 0 Å². The number of urea groups is 1. The van der Waals surface area contributed by atoms with Crippen molar-refractivity contribution in [2.45, 2.75) is 31.7 Å². The third-order valence-electron chi connectivity index (χ3n) is 3.11. The lowest BCUT2D eigenvalue weighted by molar-refractivity contribution is 0.233. The highest BCUT2D eigenvalue weighted by atomic mass is 32.2. The van der Waals surface area contributed by atoms with Crippen molar-refractivity contribution < 1.29 is 9.90 Å². The molecule has 1 unspecified atom stereocenters. The van der Waals surface area contributed by atoms with E-state index in [2.05, 4.69) is 35.8 Å². The van der Waals surface area contributed by atoms with Crippen molar-refractivity contribution >= 4 is 17.8 Å². The molecule has 0 heterocycles. The number of hydrogen-bond donors (Lipinski definition) is 3. The third kappa shape index (κ3) is 5.84. The molecule has 2 amide bonds. The van der Waals surface area contributed by atoms with Crippen molar-refractivity contribution in [1.82, 2.24) is 10.6 Å². The molecule has 0 spiro atoms. The molecule has 0 bridgehead atoms. The largest absolute Gasteiger partial charge is 0.396 e. The molecule has 20 heavy (non-hydrogen) atoms. The molecule has 1 rings (SSSR count). The number of thioether (sulfide) groups is 1. The Morgan fingerprint density at radius 2 is 2.15 bits per heavy atom. The van der Waals surface area contributed by atoms with Crippen LogP contribution in [0.3, 0.4) is 0 Å². The normalized spacial score (nSPS) is 12.0. The topological polar surface area (TPSA) is 61.4 Å². The Labute approximate surface area is 125 Å². The summed E-state index contributed by atoms with van der Waals surface area (Å²) in [6.45, 7) is 5.33. The minimum absolute atomic E-state index is 0.158. The molecule has 1 atom stereocenters. The Hall–Kier alpha value is -1.20. The van der Waals surface area contributed by atoms with Gasteiger partial charge in [0.25, 0.3) is 0 Å². The summed E-state index contributed by atoms with van der Waals surface area (Å²) in [5.74, 6) is 0.284. The lowest BCUT2D eigenvalue weighted by Crippen LogP contribution is -2.37. The molecule has 0 aliphatic heterocycles. The maximum Gasteiger partial charge on any atom is 0.315 e. The second kappa shape index (κ2) is 8.87. The van der Waals surface area contributed by atoms with Crippen LogP contribution in [0.4, 0.5) is 4.79 Å². The SMILES string of the molecule is CSc1cc(C)ccc1CNC(=O)NCC(C)CCO. The first-order chi connectivity index (χ1) is 9.56. The summed E-state index contributed by atoms with van der Waals surface area (Å²) in [6.07, 6.45) is 2.74. The van der Waals surface area contributed by atoms with E-state index in [1.165, 1.54) is 10.5 Å². The molecular weight excluding hydrogens is 272 g/mol. The number of benzene rings is 1. The van der Waals surface area contributed by atoms with Crippen molar-refractivity contribution in [2.75, 3.05) is 19.4 Å². The fourth-order valence-electron chi connectivity index (χ4n) is 1.83. The van der Waals surface area contributed by atoms with E-state index in [0.29, 0.717) is 19.5 Å². The molecule has 0 aromatic heterocycles. The van der Waals surface area contributed by atoms with Crippen LogP contribution in [-0.4, -0.2) is 30.5 Å². The van der Waals surface area contributed by atoms with Crippen LogP contribution in [0.1, 0.15) is 24.5 Å². The van der Waals surface area contributed by atoms with Gasteiger partial charge in [-0.25, -0.2) is 4.79 Å². The molecule has 0 fully saturated rings. The number of hydrogen-bond acceptors (Lipinski definition) is 3. The molecule has 4 nitrogen and oxygen atoms in total. The molecule has 0 aliphatic rings. The Morgan fingerprint density at radius 1 is 1.40 bits per heavy atom. The first kappa shape index (κ1) is 16.9. The van der Waals surface area contributed by atoms with E-state index >= 15 is 0 Å². The number of rotatable bonds is 7. The second-order valence-electron chi connectivity index (χ2n) is 5.00. The predicted octanol–water partition coefficient (Wildman–Crippen LogP) is 2.53. The minimum Gasteiger partial charge on any atom is -0.396 e. The van der Waals surface area contributed by atoms with Gasteiger partial charge >= 0.3 is 6.03 Å². The minimum atomic E-state index is -0.164. The van der Waals surface area contributed by atoms with E-state index in [1.54, 1.807) is 11.8 Å². The average Bonchev–Trinajstić information content (AvgIpc) is 2.44. The van der Waals surface area contributed by atoms with Gasteiger partial charge in [0.2, 0.25) is 0 Å². The van der Waals surface area contributed by atoms with E-state index in [-0.39, 0.29) is 18.6 Å². The zero-order chi connectivity index (χ0) is 15.0. The van der Waals surface area contributed by atoms with Crippen LogP contribution in [0.5, 0.6) is 0 Å². The highest BCUT2D eigenvalue weighted by Crippen LogP contribution is 2.21. The Morgan fingerprint density at radius 3 is 2.80 bits per heavy atom. The molecule has 0 aliphatic carbocycles. The molecule has 0 radical (unpaired) electrons. The molecule has 1 aromatic carbocycles. The Kier molecular flexibility index (Phi) is 7.47. The zero-order valence-electron chi connectivity index (χ0n) is 12.4. The number of aliphatic hydroxyl groups is 1. The number of amides is 2. The number of nitrogens with one attached hydrogen (secondary N) is 2. The summed E-state index contributed by atoms with van der Waals surface area (Å²) in [4.78, 5) is 12.9. The molecule has 1 aromatic rings. The molecular formula is C15H24N2O2S. The van der Waals surface area contributed by atoms with Gasteiger partial charge in [0, 0.05) is 24.6 Å². The number of aryl methyl sites for hydroxylation is 1. The predicted molar refractivity (Wildman–Crippen MR) is 84.1 cm³/mol. The van der Waals surface area contributed by atoms with Crippen molar-refractivity contribution in [3.05, 3.63) is 29.3 Å². The molecule has 3 N–H and O–H groups in total. The van der Waals surface area contributed by atoms with E-state index in [9.17, 15) is 4.79 Å². The maximum atomic E-state index is 11.7. The standard InChI is InChI=1S/C15H24N2O2S/c1-11-4-5-13(14(8-11)20-3)10-17-15(19)16-9-12(2)6-7-18/h4-5,8,12,18H,6-7,9-10H2,1-3H3,(H2,16,17,19). The number of aliphatic hydroxyl groups excluding tert-OH is 1. The van der Waals surface area contributed by atoms with Gasteiger partial charge in [-0.05, 0) is 42.7 Å². The van der Waals surface area contributed by atoms with Crippen LogP contribution in [0.15, 0.2) is 23.1 Å². The fraction of sp³-hybridized carbons (Fsp3) is 0.533. The van der Waals surface area contributed by atoms with Gasteiger partial charge in [0.15, 0.2) is 0 Å². The van der Waals surface area contributed by atoms with E-state index in [4.69, 9.17) is 5.11 Å². The van der Waals surface area contributed by atoms with Crippen LogP contribution < -0.4 is 10.6 Å². The summed E-state index contributed by atoms with van der Waals surface area (Å²) in [6, 6.07) is 6.07. The summed E-state index contributed by atoms with van der Waals surface area (Å²) >= 11 is 1.69. The Balaban J connectivity index is 2.41. The van der Waals surface area contributed by atoms with E-state index in [1.807, 2.05) is 13.2 Å². The summed E-state index contributed by atoms with van der Waals surface area (Å²) < 4.78 is 0. The van der Waals surface area contributed by atoms with Gasteiger partial charge in [-0.3, -0.25) is 0 Å². The summed E-state index contributed by atoms with van der Waals surface area (Å²) in [5.41, 5.74) is 2.35. The molecule has 112 valence electrons. The van der Waals surface area contributed by atoms with Crippen molar-refractivity contribution in [2.24, 2.45) is 5.92 Å². The van der Waals surface area contributed by atoms with Gasteiger partial charge in [-0.1, -0.05) is 19.1 Å². The van der Waals surface area contributed by atoms with Crippen LogP contribution in [-0.2, 0) is 6.54 Å². The highest BCUT2D eigenvalue weighted by molar-refractivity contribution is 7.98. The molecule has 0 saturated carbocycles. The van der Waals surface area contributed by atoms with Gasteiger partial charge in [-0.15, -0.1) is 11.8 Å². The average molecular weight is 296 g/mol. The van der Waals surface area contributed by atoms with Crippen molar-refractivity contribution in [1.29, 1.82) is 0 Å². The first-order valence-corrected chi connectivity index (χ1v) is 8.05. The first-order valence-electron chi connectivity index (χ1n) is 6.83. The number of carbonyl (C=O) groups is 1. The fourth-order valence-corrected chi connectivity index (χ4v) is 2.53. The lowest BCUT2D eigenvalue weighted by Gasteiger charge is -2.13. The van der Waals surface area contributed by atoms with Gasteiger partial charge in [0.05, 0.1) is 0 Å². The van der Waals surface area contributed by atoms with Gasteiger partial charge in [0.1, 0.15) is 0 Å². The smallest absolute Gasteiger partial charge is 0.315 e. The number of carbonyl (C=O) groups excluding carboxylic acids is 1. The quantitative estimate of drug-likeness (QED) is 0.678. The van der Waals surface area contributed by atoms with Crippen LogP contribution in [0.2, 0.25) is 0 Å². The summed E-state index contributed by atoms with van der Waals surface area (Å²) in [5, 5.41) is 14.5. The molecule has 0 saturated heterocycles. The molecule has 5 heteroatoms. The van der Waals surface area contributed by atoms with Crippen LogP contribution in [0, 0.1) is 12.8 Å². The highest BCUT2D eigenvalue weighted by Gasteiger charge is 2.06. The maximum absolute atomic E-state index is 11.7. The Bertz CT molecular complexity index is 438. The van der Waals surface area contributed by atoms with Crippen LogP contribution in [0.25, 0.3) is 0 Å².